The fourth-order valence-corrected chi connectivity index (χ4v) is 1.71. The summed E-state index contributed by atoms with van der Waals surface area (Å²) in [5, 5.41) is 18.0. The molecule has 1 fully saturated rings. The van der Waals surface area contributed by atoms with Gasteiger partial charge in [0.25, 0.3) is 0 Å². The van der Waals surface area contributed by atoms with Gasteiger partial charge in [-0.2, -0.15) is 5.10 Å². The molecular formula is C10H15N3O2. The number of oxime groups is 1. The van der Waals surface area contributed by atoms with E-state index in [0.717, 1.165) is 24.1 Å². The molecular weight excluding hydrogens is 194 g/mol. The van der Waals surface area contributed by atoms with Crippen LogP contribution in [-0.2, 0) is 11.9 Å². The van der Waals surface area contributed by atoms with Crippen molar-refractivity contribution < 1.29 is 9.94 Å². The maximum absolute atomic E-state index is 9.86. The minimum Gasteiger partial charge on any atom is -0.493 e. The third kappa shape index (κ3) is 1.69. The summed E-state index contributed by atoms with van der Waals surface area (Å²) in [5.41, 5.74) is 2.33. The van der Waals surface area contributed by atoms with Crippen LogP contribution in [0.15, 0.2) is 5.16 Å². The molecule has 1 aliphatic rings. The van der Waals surface area contributed by atoms with Gasteiger partial charge in [0.1, 0.15) is 7.11 Å². The van der Waals surface area contributed by atoms with Gasteiger partial charge in [0, 0.05) is 13.0 Å². The lowest BCUT2D eigenvalue weighted by molar-refractivity contribution is 0.213. The second-order valence-corrected chi connectivity index (χ2v) is 3.84. The summed E-state index contributed by atoms with van der Waals surface area (Å²) < 4.78 is 1.48. The average Bonchev–Trinajstić information content (AvgIpc) is 2.96. The minimum absolute atomic E-state index is 0.162. The third-order valence-corrected chi connectivity index (χ3v) is 2.60. The molecule has 1 aromatic heterocycles. The van der Waals surface area contributed by atoms with Crippen LogP contribution in [0.5, 0.6) is 5.88 Å². The number of rotatable bonds is 3. The SMILES string of the molecule is CON=C(C)c1c(C2CC2)nn(C)c1O. The van der Waals surface area contributed by atoms with Gasteiger partial charge in [-0.3, -0.25) is 0 Å². The molecule has 1 aromatic rings. The standard InChI is InChI=1S/C10H15N3O2/c1-6(12-15-3)8-9(7-4-5-7)11-13(2)10(8)14/h7,14H,4-5H2,1-3H3. The number of hydrogen-bond acceptors (Lipinski definition) is 4. The first kappa shape index (κ1) is 10.0. The summed E-state index contributed by atoms with van der Waals surface area (Å²) in [6, 6.07) is 0. The van der Waals surface area contributed by atoms with Gasteiger partial charge in [-0.1, -0.05) is 5.16 Å². The summed E-state index contributed by atoms with van der Waals surface area (Å²) in [7, 11) is 3.22. The van der Waals surface area contributed by atoms with Gasteiger partial charge >= 0.3 is 0 Å². The van der Waals surface area contributed by atoms with Crippen molar-refractivity contribution in [2.75, 3.05) is 7.11 Å². The molecule has 82 valence electrons. The number of hydrogen-bond donors (Lipinski definition) is 1. The molecule has 0 atom stereocenters. The monoisotopic (exact) mass is 209 g/mol. The fourth-order valence-electron chi connectivity index (χ4n) is 1.71. The highest BCUT2D eigenvalue weighted by Gasteiger charge is 2.32. The van der Waals surface area contributed by atoms with Crippen molar-refractivity contribution in [3.05, 3.63) is 11.3 Å². The Morgan fingerprint density at radius 2 is 2.27 bits per heavy atom. The lowest BCUT2D eigenvalue weighted by Gasteiger charge is -2.00. The Kier molecular flexibility index (Phi) is 2.38. The van der Waals surface area contributed by atoms with Gasteiger partial charge in [-0.05, 0) is 19.8 Å². The van der Waals surface area contributed by atoms with Gasteiger partial charge in [0.05, 0.1) is 17.0 Å². The van der Waals surface area contributed by atoms with Crippen molar-refractivity contribution in [2.24, 2.45) is 12.2 Å². The van der Waals surface area contributed by atoms with E-state index in [2.05, 4.69) is 10.3 Å². The zero-order valence-electron chi connectivity index (χ0n) is 9.19. The first-order chi connectivity index (χ1) is 7.15. The van der Waals surface area contributed by atoms with Gasteiger partial charge in [0.2, 0.25) is 5.88 Å². The summed E-state index contributed by atoms with van der Waals surface area (Å²) >= 11 is 0. The van der Waals surface area contributed by atoms with Crippen LogP contribution in [0.3, 0.4) is 0 Å². The number of aryl methyl sites for hydroxylation is 1. The molecule has 0 spiro atoms. The summed E-state index contributed by atoms with van der Waals surface area (Å²) in [6.07, 6.45) is 2.29. The Bertz CT molecular complexity index is 405. The van der Waals surface area contributed by atoms with Crippen LogP contribution < -0.4 is 0 Å². The predicted molar refractivity (Wildman–Crippen MR) is 56.1 cm³/mol. The Balaban J connectivity index is 2.47. The van der Waals surface area contributed by atoms with Gasteiger partial charge in [0.15, 0.2) is 0 Å². The Hall–Kier alpha value is -1.52. The zero-order valence-corrected chi connectivity index (χ0v) is 9.19. The topological polar surface area (TPSA) is 59.6 Å². The molecule has 5 heteroatoms. The van der Waals surface area contributed by atoms with E-state index in [1.807, 2.05) is 6.92 Å². The molecule has 0 amide bonds. The smallest absolute Gasteiger partial charge is 0.218 e. The van der Waals surface area contributed by atoms with Gasteiger partial charge in [-0.25, -0.2) is 4.68 Å². The molecule has 5 nitrogen and oxygen atoms in total. The van der Waals surface area contributed by atoms with Crippen LogP contribution in [0, 0.1) is 0 Å². The van der Waals surface area contributed by atoms with Crippen LogP contribution in [0.1, 0.15) is 36.9 Å². The van der Waals surface area contributed by atoms with Crippen molar-refractivity contribution in [2.45, 2.75) is 25.7 Å². The maximum atomic E-state index is 9.86. The quantitative estimate of drug-likeness (QED) is 0.604. The lowest BCUT2D eigenvalue weighted by atomic mass is 10.1. The number of nitrogens with zero attached hydrogens (tertiary/aromatic N) is 3. The summed E-state index contributed by atoms with van der Waals surface area (Å²) in [4.78, 5) is 4.72. The highest BCUT2D eigenvalue weighted by atomic mass is 16.6. The molecule has 1 saturated carbocycles. The molecule has 1 heterocycles. The lowest BCUT2D eigenvalue weighted by Crippen LogP contribution is -1.98. The van der Waals surface area contributed by atoms with Crippen LogP contribution in [0.4, 0.5) is 0 Å². The Morgan fingerprint density at radius 1 is 1.60 bits per heavy atom. The molecule has 2 rings (SSSR count). The van der Waals surface area contributed by atoms with Crippen molar-refractivity contribution in [3.63, 3.8) is 0 Å². The van der Waals surface area contributed by atoms with E-state index < -0.39 is 0 Å². The van der Waals surface area contributed by atoms with Crippen LogP contribution in [0.2, 0.25) is 0 Å². The zero-order chi connectivity index (χ0) is 11.0. The number of aromatic nitrogens is 2. The first-order valence-corrected chi connectivity index (χ1v) is 4.99. The molecule has 1 N–H and O–H groups in total. The predicted octanol–water partition coefficient (Wildman–Crippen LogP) is 1.37. The molecule has 0 unspecified atom stereocenters. The third-order valence-electron chi connectivity index (χ3n) is 2.60. The molecule has 0 bridgehead atoms. The Labute approximate surface area is 88.3 Å². The van der Waals surface area contributed by atoms with E-state index in [-0.39, 0.29) is 5.88 Å². The van der Waals surface area contributed by atoms with Gasteiger partial charge < -0.3 is 9.94 Å². The fraction of sp³-hybridized carbons (Fsp3) is 0.600. The second-order valence-electron chi connectivity index (χ2n) is 3.84. The van der Waals surface area contributed by atoms with Crippen LogP contribution in [0.25, 0.3) is 0 Å². The summed E-state index contributed by atoms with van der Waals surface area (Å²) in [6.45, 7) is 1.81. The van der Waals surface area contributed by atoms with Crippen LogP contribution in [-0.4, -0.2) is 27.7 Å². The number of aromatic hydroxyl groups is 1. The second kappa shape index (κ2) is 3.56. The van der Waals surface area contributed by atoms with E-state index in [1.54, 1.807) is 7.05 Å². The van der Waals surface area contributed by atoms with E-state index in [1.165, 1.54) is 11.8 Å². The highest BCUT2D eigenvalue weighted by Crippen LogP contribution is 2.42. The average molecular weight is 209 g/mol. The molecule has 1 aliphatic carbocycles. The van der Waals surface area contributed by atoms with Crippen molar-refractivity contribution >= 4 is 5.71 Å². The van der Waals surface area contributed by atoms with E-state index in [0.29, 0.717) is 11.6 Å². The van der Waals surface area contributed by atoms with Crippen molar-refractivity contribution in [1.29, 1.82) is 0 Å². The van der Waals surface area contributed by atoms with E-state index in [4.69, 9.17) is 4.84 Å². The molecule has 0 saturated heterocycles. The normalized spacial score (nSPS) is 16.9. The Morgan fingerprint density at radius 3 is 2.80 bits per heavy atom. The largest absolute Gasteiger partial charge is 0.493 e. The van der Waals surface area contributed by atoms with Crippen molar-refractivity contribution in [3.8, 4) is 5.88 Å². The van der Waals surface area contributed by atoms with E-state index in [9.17, 15) is 5.11 Å². The molecule has 15 heavy (non-hydrogen) atoms. The van der Waals surface area contributed by atoms with Crippen LogP contribution >= 0.6 is 0 Å². The minimum atomic E-state index is 0.162. The molecule has 0 aromatic carbocycles. The van der Waals surface area contributed by atoms with E-state index >= 15 is 0 Å². The maximum Gasteiger partial charge on any atom is 0.218 e. The van der Waals surface area contributed by atoms with Gasteiger partial charge in [-0.15, -0.1) is 0 Å². The van der Waals surface area contributed by atoms with Crippen molar-refractivity contribution in [1.82, 2.24) is 9.78 Å². The molecule has 0 aliphatic heterocycles. The highest BCUT2D eigenvalue weighted by molar-refractivity contribution is 6.01. The summed E-state index contributed by atoms with van der Waals surface area (Å²) in [5.74, 6) is 0.643. The first-order valence-electron chi connectivity index (χ1n) is 4.99. The molecule has 0 radical (unpaired) electrons.